The van der Waals surface area contributed by atoms with Gasteiger partial charge in [0.2, 0.25) is 5.89 Å². The van der Waals surface area contributed by atoms with Crippen molar-refractivity contribution in [2.75, 3.05) is 5.75 Å². The Kier molecular flexibility index (Phi) is 5.40. The molecule has 118 valence electrons. The van der Waals surface area contributed by atoms with Crippen LogP contribution in [0.15, 0.2) is 33.9 Å². The van der Waals surface area contributed by atoms with Crippen LogP contribution < -0.4 is 0 Å². The molecule has 1 aromatic heterocycles. The van der Waals surface area contributed by atoms with E-state index in [0.29, 0.717) is 17.5 Å². The molecule has 5 heteroatoms. The fourth-order valence-corrected chi connectivity index (χ4v) is 2.68. The van der Waals surface area contributed by atoms with E-state index in [1.807, 2.05) is 12.1 Å². The molecule has 0 saturated carbocycles. The summed E-state index contributed by atoms with van der Waals surface area (Å²) in [6, 6.07) is 8.22. The molecule has 0 bridgehead atoms. The summed E-state index contributed by atoms with van der Waals surface area (Å²) in [7, 11) is 0. The van der Waals surface area contributed by atoms with Crippen molar-refractivity contribution in [3.8, 4) is 11.5 Å². The molecule has 0 unspecified atom stereocenters. The van der Waals surface area contributed by atoms with Gasteiger partial charge in [-0.15, -0.1) is 10.2 Å². The van der Waals surface area contributed by atoms with E-state index in [1.165, 1.54) is 17.3 Å². The maximum atomic E-state index is 10.9. The number of hydrogen-bond acceptors (Lipinski definition) is 5. The quantitative estimate of drug-likeness (QED) is 0.580. The number of carbonyl (C=O) groups is 1. The van der Waals surface area contributed by atoms with E-state index in [-0.39, 0.29) is 11.2 Å². The van der Waals surface area contributed by atoms with Crippen molar-refractivity contribution < 1.29 is 9.21 Å². The average molecular weight is 318 g/mol. The minimum absolute atomic E-state index is 0.130. The second-order valence-electron chi connectivity index (χ2n) is 6.35. The zero-order valence-electron chi connectivity index (χ0n) is 13.5. The predicted octanol–water partition coefficient (Wildman–Crippen LogP) is 4.50. The highest BCUT2D eigenvalue weighted by Crippen LogP contribution is 2.27. The van der Waals surface area contributed by atoms with Crippen LogP contribution in [0.3, 0.4) is 0 Å². The second kappa shape index (κ2) is 7.09. The van der Waals surface area contributed by atoms with Gasteiger partial charge >= 0.3 is 0 Å². The van der Waals surface area contributed by atoms with E-state index in [4.69, 9.17) is 4.42 Å². The zero-order chi connectivity index (χ0) is 16.2. The molecular weight excluding hydrogens is 296 g/mol. The van der Waals surface area contributed by atoms with Gasteiger partial charge in [-0.3, -0.25) is 0 Å². The van der Waals surface area contributed by atoms with Crippen LogP contribution in [0.4, 0.5) is 0 Å². The molecule has 0 aliphatic carbocycles. The predicted molar refractivity (Wildman–Crippen MR) is 89.1 cm³/mol. The molecule has 0 N–H and O–H groups in total. The summed E-state index contributed by atoms with van der Waals surface area (Å²) in [6.45, 7) is 8.16. The van der Waals surface area contributed by atoms with Gasteiger partial charge in [-0.05, 0) is 36.5 Å². The molecule has 4 nitrogen and oxygen atoms in total. The molecule has 0 amide bonds. The van der Waals surface area contributed by atoms with Gasteiger partial charge < -0.3 is 9.21 Å². The molecule has 0 saturated heterocycles. The van der Waals surface area contributed by atoms with Crippen molar-refractivity contribution in [1.29, 1.82) is 0 Å². The highest BCUT2D eigenvalue weighted by Gasteiger charge is 2.14. The number of thioether (sulfide) groups is 1. The van der Waals surface area contributed by atoms with Crippen LogP contribution in [-0.4, -0.2) is 21.7 Å². The Morgan fingerprint density at radius 2 is 1.86 bits per heavy atom. The molecule has 0 radical (unpaired) electrons. The Bertz CT molecular complexity index is 627. The molecule has 0 fully saturated rings. The van der Waals surface area contributed by atoms with Crippen LogP contribution in [-0.2, 0) is 10.2 Å². The third-order valence-electron chi connectivity index (χ3n) is 3.30. The van der Waals surface area contributed by atoms with Crippen molar-refractivity contribution >= 4 is 17.5 Å². The number of hydrogen-bond donors (Lipinski definition) is 0. The molecule has 0 spiro atoms. The Balaban J connectivity index is 1.97. The molecule has 0 aliphatic rings. The van der Waals surface area contributed by atoms with Gasteiger partial charge in [0.05, 0.1) is 0 Å². The summed E-state index contributed by atoms with van der Waals surface area (Å²) in [4.78, 5) is 10.9. The highest BCUT2D eigenvalue weighted by molar-refractivity contribution is 7.99. The number of carbonyl (C=O) groups excluding carboxylic acids is 1. The van der Waals surface area contributed by atoms with E-state index < -0.39 is 0 Å². The van der Waals surface area contributed by atoms with Gasteiger partial charge in [-0.25, -0.2) is 0 Å². The number of ketones is 1. The molecule has 22 heavy (non-hydrogen) atoms. The maximum Gasteiger partial charge on any atom is 0.276 e. The van der Waals surface area contributed by atoms with E-state index in [9.17, 15) is 4.79 Å². The first-order valence-corrected chi connectivity index (χ1v) is 8.41. The molecule has 0 aliphatic heterocycles. The lowest BCUT2D eigenvalue weighted by Gasteiger charge is -2.18. The van der Waals surface area contributed by atoms with Crippen molar-refractivity contribution in [2.45, 2.75) is 51.2 Å². The summed E-state index contributed by atoms with van der Waals surface area (Å²) < 4.78 is 5.66. The molecule has 2 rings (SSSR count). The summed E-state index contributed by atoms with van der Waals surface area (Å²) in [5.74, 6) is 1.56. The minimum atomic E-state index is 0.130. The normalized spacial score (nSPS) is 11.6. The van der Waals surface area contributed by atoms with Crippen molar-refractivity contribution in [2.24, 2.45) is 0 Å². The Labute approximate surface area is 135 Å². The topological polar surface area (TPSA) is 56.0 Å². The molecule has 1 aromatic carbocycles. The number of nitrogens with zero attached hydrogens (tertiary/aromatic N) is 2. The Morgan fingerprint density at radius 3 is 2.45 bits per heavy atom. The minimum Gasteiger partial charge on any atom is -0.411 e. The summed E-state index contributed by atoms with van der Waals surface area (Å²) >= 11 is 1.49. The van der Waals surface area contributed by atoms with Gasteiger partial charge in [0.1, 0.15) is 5.78 Å². The lowest BCUT2D eigenvalue weighted by Crippen LogP contribution is -2.10. The Morgan fingerprint density at radius 1 is 1.18 bits per heavy atom. The van der Waals surface area contributed by atoms with Crippen LogP contribution in [0, 0.1) is 0 Å². The number of aromatic nitrogens is 2. The fourth-order valence-electron chi connectivity index (χ4n) is 1.98. The van der Waals surface area contributed by atoms with Crippen LogP contribution in [0.25, 0.3) is 11.5 Å². The summed E-state index contributed by atoms with van der Waals surface area (Å²) in [5, 5.41) is 8.68. The van der Waals surface area contributed by atoms with Crippen LogP contribution in [0.1, 0.15) is 46.1 Å². The van der Waals surface area contributed by atoms with E-state index in [0.717, 1.165) is 17.7 Å². The maximum absolute atomic E-state index is 10.9. The first-order valence-electron chi connectivity index (χ1n) is 7.43. The Hall–Kier alpha value is -1.62. The smallest absolute Gasteiger partial charge is 0.276 e. The third-order valence-corrected chi connectivity index (χ3v) is 4.21. The zero-order valence-corrected chi connectivity index (χ0v) is 14.4. The first kappa shape index (κ1) is 16.7. The molecular formula is C17H22N2O2S. The summed E-state index contributed by atoms with van der Waals surface area (Å²) in [5.41, 5.74) is 2.33. The largest absolute Gasteiger partial charge is 0.411 e. The van der Waals surface area contributed by atoms with Gasteiger partial charge in [-0.1, -0.05) is 44.7 Å². The fraction of sp³-hybridized carbons (Fsp3) is 0.471. The number of benzene rings is 1. The van der Waals surface area contributed by atoms with Crippen LogP contribution >= 0.6 is 11.8 Å². The van der Waals surface area contributed by atoms with Crippen LogP contribution in [0.2, 0.25) is 0 Å². The van der Waals surface area contributed by atoms with Gasteiger partial charge in [0.25, 0.3) is 5.22 Å². The number of Topliss-reactive ketones (excluding diaryl/α,β-unsaturated/α-hetero) is 1. The van der Waals surface area contributed by atoms with E-state index >= 15 is 0 Å². The highest BCUT2D eigenvalue weighted by atomic mass is 32.2. The standard InChI is InChI=1S/C17H22N2O2S/c1-12(20)6-5-11-22-16-19-18-15(21-16)13-7-9-14(10-8-13)17(2,3)4/h7-10H,5-6,11H2,1-4H3. The van der Waals surface area contributed by atoms with Gasteiger partial charge in [0, 0.05) is 17.7 Å². The lowest BCUT2D eigenvalue weighted by atomic mass is 9.87. The van der Waals surface area contributed by atoms with Crippen molar-refractivity contribution in [3.05, 3.63) is 29.8 Å². The molecule has 2 aromatic rings. The van der Waals surface area contributed by atoms with E-state index in [1.54, 1.807) is 6.92 Å². The third kappa shape index (κ3) is 4.70. The monoisotopic (exact) mass is 318 g/mol. The van der Waals surface area contributed by atoms with Crippen molar-refractivity contribution in [1.82, 2.24) is 10.2 Å². The SMILES string of the molecule is CC(=O)CCCSc1nnc(-c2ccc(C(C)(C)C)cc2)o1. The van der Waals surface area contributed by atoms with Crippen molar-refractivity contribution in [3.63, 3.8) is 0 Å². The number of rotatable bonds is 6. The average Bonchev–Trinajstić information content (AvgIpc) is 2.91. The second-order valence-corrected chi connectivity index (χ2v) is 7.40. The molecule has 1 heterocycles. The van der Waals surface area contributed by atoms with Crippen LogP contribution in [0.5, 0.6) is 0 Å². The van der Waals surface area contributed by atoms with Gasteiger partial charge in [0.15, 0.2) is 0 Å². The van der Waals surface area contributed by atoms with E-state index in [2.05, 4.69) is 43.1 Å². The first-order chi connectivity index (χ1) is 10.4. The lowest BCUT2D eigenvalue weighted by molar-refractivity contribution is -0.117. The van der Waals surface area contributed by atoms with Gasteiger partial charge in [-0.2, -0.15) is 0 Å². The molecule has 0 atom stereocenters. The summed E-state index contributed by atoms with van der Waals surface area (Å²) in [6.07, 6.45) is 1.43.